The summed E-state index contributed by atoms with van der Waals surface area (Å²) in [6, 6.07) is 0. The van der Waals surface area contributed by atoms with Gasteiger partial charge in [0.1, 0.15) is 0 Å². The number of rotatable bonds is 0. The standard InChI is InChI=1S/C8H10O2.2Y/c9-7-1-5-2-8(10)4-6(5)3-7;;/h1,4-6,9-10H,2-3H2;;. The Balaban J connectivity index is 0.000000605. The summed E-state index contributed by atoms with van der Waals surface area (Å²) in [6.07, 6.45) is 5.14. The molecule has 0 aromatic heterocycles. The topological polar surface area (TPSA) is 40.5 Å². The minimum atomic E-state index is 0. The van der Waals surface area contributed by atoms with E-state index in [-0.39, 0.29) is 65.4 Å². The van der Waals surface area contributed by atoms with Gasteiger partial charge in [-0.3, -0.25) is 0 Å². The first-order valence-electron chi connectivity index (χ1n) is 3.55. The van der Waals surface area contributed by atoms with Gasteiger partial charge in [0, 0.05) is 78.3 Å². The van der Waals surface area contributed by atoms with Crippen LogP contribution in [0, 0.1) is 11.8 Å². The average Bonchev–Trinajstić information content (AvgIpc) is 2.21. The molecule has 2 unspecified atom stereocenters. The molecule has 0 aliphatic heterocycles. The van der Waals surface area contributed by atoms with Crippen LogP contribution in [0.15, 0.2) is 23.7 Å². The van der Waals surface area contributed by atoms with Crippen molar-refractivity contribution in [3.63, 3.8) is 0 Å². The molecule has 4 heteroatoms. The van der Waals surface area contributed by atoms with E-state index < -0.39 is 0 Å². The van der Waals surface area contributed by atoms with E-state index in [0.29, 0.717) is 36.2 Å². The van der Waals surface area contributed by atoms with Crippen molar-refractivity contribution >= 4 is 0 Å². The molecule has 2 nitrogen and oxygen atoms in total. The summed E-state index contributed by atoms with van der Waals surface area (Å²) < 4.78 is 0. The van der Waals surface area contributed by atoms with Gasteiger partial charge in [-0.05, 0) is 24.0 Å². The van der Waals surface area contributed by atoms with Crippen molar-refractivity contribution in [1.29, 1.82) is 0 Å². The van der Waals surface area contributed by atoms with Gasteiger partial charge in [-0.1, -0.05) is 0 Å². The SMILES string of the molecule is OC1=CC2CC(O)=CC2C1.[Y].[Y]. The summed E-state index contributed by atoms with van der Waals surface area (Å²) >= 11 is 0. The Labute approximate surface area is 122 Å². The molecule has 0 bridgehead atoms. The number of hydrogen-bond donors (Lipinski definition) is 2. The molecule has 2 radical (unpaired) electrons. The van der Waals surface area contributed by atoms with Gasteiger partial charge < -0.3 is 10.2 Å². The van der Waals surface area contributed by atoms with Gasteiger partial charge in [0.2, 0.25) is 0 Å². The molecule has 0 fully saturated rings. The molecule has 0 heterocycles. The fourth-order valence-corrected chi connectivity index (χ4v) is 1.78. The predicted octanol–water partition coefficient (Wildman–Crippen LogP) is 1.91. The third-order valence-electron chi connectivity index (χ3n) is 2.25. The van der Waals surface area contributed by atoms with Crippen molar-refractivity contribution in [3.05, 3.63) is 23.7 Å². The van der Waals surface area contributed by atoms with E-state index in [2.05, 4.69) is 0 Å². The third kappa shape index (κ3) is 2.64. The van der Waals surface area contributed by atoms with Gasteiger partial charge in [0.05, 0.1) is 11.5 Å². The molecular formula is C8H10O2Y2. The van der Waals surface area contributed by atoms with Crippen molar-refractivity contribution in [2.45, 2.75) is 12.8 Å². The van der Waals surface area contributed by atoms with E-state index in [9.17, 15) is 0 Å². The first-order chi connectivity index (χ1) is 4.75. The van der Waals surface area contributed by atoms with Crippen molar-refractivity contribution in [2.24, 2.45) is 11.8 Å². The zero-order chi connectivity index (χ0) is 7.14. The summed E-state index contributed by atoms with van der Waals surface area (Å²) in [5.41, 5.74) is 0. The summed E-state index contributed by atoms with van der Waals surface area (Å²) in [5, 5.41) is 18.1. The van der Waals surface area contributed by atoms with E-state index in [1.807, 2.05) is 12.2 Å². The second-order valence-corrected chi connectivity index (χ2v) is 3.05. The van der Waals surface area contributed by atoms with Crippen LogP contribution in [0.1, 0.15) is 12.8 Å². The van der Waals surface area contributed by atoms with E-state index in [1.54, 1.807) is 0 Å². The van der Waals surface area contributed by atoms with E-state index >= 15 is 0 Å². The van der Waals surface area contributed by atoms with Gasteiger partial charge in [-0.2, -0.15) is 0 Å². The molecule has 2 N–H and O–H groups in total. The monoisotopic (exact) mass is 316 g/mol. The fourth-order valence-electron chi connectivity index (χ4n) is 1.78. The molecule has 0 saturated carbocycles. The molecule has 0 spiro atoms. The summed E-state index contributed by atoms with van der Waals surface area (Å²) in [4.78, 5) is 0. The smallest absolute Gasteiger partial charge is 0.0892 e. The maximum Gasteiger partial charge on any atom is 0.0892 e. The van der Waals surface area contributed by atoms with Crippen LogP contribution in [-0.2, 0) is 65.4 Å². The van der Waals surface area contributed by atoms with Crippen LogP contribution in [0.3, 0.4) is 0 Å². The molecular weight excluding hydrogens is 306 g/mol. The Morgan fingerprint density at radius 2 is 1.25 bits per heavy atom. The Kier molecular flexibility index (Phi) is 5.80. The largest absolute Gasteiger partial charge is 0.513 e. The predicted molar refractivity (Wildman–Crippen MR) is 37.6 cm³/mol. The fraction of sp³-hybridized carbons (Fsp3) is 0.500. The first-order valence-corrected chi connectivity index (χ1v) is 3.55. The van der Waals surface area contributed by atoms with Gasteiger partial charge in [0.15, 0.2) is 0 Å². The molecule has 0 aromatic carbocycles. The Bertz CT molecular complexity index is 199. The van der Waals surface area contributed by atoms with Crippen LogP contribution in [0.4, 0.5) is 0 Å². The minimum Gasteiger partial charge on any atom is -0.513 e. The van der Waals surface area contributed by atoms with Gasteiger partial charge in [-0.15, -0.1) is 0 Å². The molecule has 0 saturated heterocycles. The molecule has 2 aliphatic carbocycles. The molecule has 2 aliphatic rings. The van der Waals surface area contributed by atoms with Crippen LogP contribution in [0.25, 0.3) is 0 Å². The number of fused-ring (bicyclic) bond motifs is 1. The summed E-state index contributed by atoms with van der Waals surface area (Å²) in [5.74, 6) is 1.72. The third-order valence-corrected chi connectivity index (χ3v) is 2.25. The van der Waals surface area contributed by atoms with Gasteiger partial charge in [-0.25, -0.2) is 0 Å². The molecule has 0 amide bonds. The zero-order valence-electron chi connectivity index (χ0n) is 6.77. The molecule has 2 rings (SSSR count). The number of aliphatic hydroxyl groups excluding tert-OH is 2. The molecule has 60 valence electrons. The first kappa shape index (κ1) is 13.3. The second-order valence-electron chi connectivity index (χ2n) is 3.05. The number of hydrogen-bond acceptors (Lipinski definition) is 2. The zero-order valence-corrected chi connectivity index (χ0v) is 12.4. The number of aliphatic hydroxyl groups is 2. The molecule has 12 heavy (non-hydrogen) atoms. The van der Waals surface area contributed by atoms with Crippen LogP contribution < -0.4 is 0 Å². The normalized spacial score (nSPS) is 31.0. The molecule has 2 atom stereocenters. The van der Waals surface area contributed by atoms with E-state index in [0.717, 1.165) is 0 Å². The van der Waals surface area contributed by atoms with E-state index in [1.165, 1.54) is 0 Å². The Morgan fingerprint density at radius 1 is 0.917 bits per heavy atom. The quantitative estimate of drug-likeness (QED) is 0.717. The molecule has 0 aromatic rings. The second kappa shape index (κ2) is 5.24. The van der Waals surface area contributed by atoms with Crippen molar-refractivity contribution in [2.75, 3.05) is 0 Å². The Hall–Kier alpha value is 1.29. The maximum atomic E-state index is 9.07. The Morgan fingerprint density at radius 3 is 1.58 bits per heavy atom. The van der Waals surface area contributed by atoms with Crippen molar-refractivity contribution < 1.29 is 75.6 Å². The minimum absolute atomic E-state index is 0. The summed E-state index contributed by atoms with van der Waals surface area (Å²) in [6.45, 7) is 0. The van der Waals surface area contributed by atoms with Crippen LogP contribution in [-0.4, -0.2) is 10.2 Å². The van der Waals surface area contributed by atoms with Crippen molar-refractivity contribution in [1.82, 2.24) is 0 Å². The average molecular weight is 316 g/mol. The van der Waals surface area contributed by atoms with Crippen molar-refractivity contribution in [3.8, 4) is 0 Å². The van der Waals surface area contributed by atoms with Gasteiger partial charge in [0.25, 0.3) is 0 Å². The van der Waals surface area contributed by atoms with Crippen LogP contribution in [0.2, 0.25) is 0 Å². The maximum absolute atomic E-state index is 9.07. The summed E-state index contributed by atoms with van der Waals surface area (Å²) in [7, 11) is 0. The van der Waals surface area contributed by atoms with Gasteiger partial charge >= 0.3 is 0 Å². The van der Waals surface area contributed by atoms with E-state index in [4.69, 9.17) is 10.2 Å². The number of allylic oxidation sites excluding steroid dienone is 4. The van der Waals surface area contributed by atoms with Crippen LogP contribution >= 0.6 is 0 Å². The van der Waals surface area contributed by atoms with Crippen LogP contribution in [0.5, 0.6) is 0 Å².